The zero-order valence-electron chi connectivity index (χ0n) is 19.3. The Bertz CT molecular complexity index is 1340. The van der Waals surface area contributed by atoms with Crippen LogP contribution in [0, 0.1) is 5.82 Å². The lowest BCUT2D eigenvalue weighted by atomic mass is 10.2. The number of nitrogens with zero attached hydrogens (tertiary/aromatic N) is 4. The fourth-order valence-electron chi connectivity index (χ4n) is 3.74. The van der Waals surface area contributed by atoms with Gasteiger partial charge in [0.2, 0.25) is 9.63 Å². The van der Waals surface area contributed by atoms with Gasteiger partial charge < -0.3 is 4.90 Å². The first-order valence-electron chi connectivity index (χ1n) is 10.9. The minimum Gasteiger partial charge on any atom is -0.317 e. The van der Waals surface area contributed by atoms with Crippen molar-refractivity contribution < 1.29 is 14.0 Å². The summed E-state index contributed by atoms with van der Waals surface area (Å²) in [4.78, 5) is 34.1. The van der Waals surface area contributed by atoms with Gasteiger partial charge in [0.15, 0.2) is 0 Å². The minimum atomic E-state index is -2.09. The number of benzene rings is 3. The average molecular weight is 637 g/mol. The predicted octanol–water partition coefficient (Wildman–Crippen LogP) is 8.07. The predicted molar refractivity (Wildman–Crippen MR) is 153 cm³/mol. The van der Waals surface area contributed by atoms with Crippen LogP contribution in [0.15, 0.2) is 77.8 Å². The van der Waals surface area contributed by atoms with Crippen LogP contribution in [0.25, 0.3) is 0 Å². The summed E-state index contributed by atoms with van der Waals surface area (Å²) in [6.07, 6.45) is -1.31. The molecule has 3 aromatic rings. The van der Waals surface area contributed by atoms with Crippen molar-refractivity contribution in [3.63, 3.8) is 0 Å². The number of amides is 3. The molecule has 0 radical (unpaired) electrons. The van der Waals surface area contributed by atoms with Crippen molar-refractivity contribution in [1.82, 2.24) is 4.90 Å². The summed E-state index contributed by atoms with van der Waals surface area (Å²) in [5.74, 6) is -1.96. The summed E-state index contributed by atoms with van der Waals surface area (Å²) in [6.45, 7) is 0. The number of aliphatic imine (C=N–C) groups is 1. The standard InChI is InChI=1S/C25H17Cl6FN4O2/c1-34-23(37)22(36(24(34)38)19-5-3-2-4-18(19)32)33-21(20(28)25(29,30)31)35(16-10-6-14(26)7-11-16)17-12-8-15(27)9-13-17/h2-13,20-21H,1H3/b33-22+. The van der Waals surface area contributed by atoms with Crippen molar-refractivity contribution in [2.75, 3.05) is 16.8 Å². The van der Waals surface area contributed by atoms with Crippen molar-refractivity contribution >= 4 is 104 Å². The number of alkyl halides is 4. The van der Waals surface area contributed by atoms with Crippen LogP contribution >= 0.6 is 69.6 Å². The lowest BCUT2D eigenvalue weighted by Gasteiger charge is -2.36. The Balaban J connectivity index is 1.97. The normalized spacial score (nSPS) is 16.8. The van der Waals surface area contributed by atoms with Gasteiger partial charge in [-0.2, -0.15) is 0 Å². The molecule has 6 nitrogen and oxygen atoms in total. The molecule has 2 atom stereocenters. The molecule has 1 aliphatic rings. The number of amidine groups is 1. The Kier molecular flexibility index (Phi) is 8.67. The van der Waals surface area contributed by atoms with Crippen molar-refractivity contribution in [2.45, 2.75) is 15.3 Å². The van der Waals surface area contributed by atoms with Gasteiger partial charge in [-0.25, -0.2) is 19.1 Å². The number of carbonyl (C=O) groups is 2. The van der Waals surface area contributed by atoms with E-state index in [1.54, 1.807) is 53.4 Å². The van der Waals surface area contributed by atoms with Gasteiger partial charge >= 0.3 is 6.03 Å². The number of urea groups is 1. The minimum absolute atomic E-state index is 0.183. The fourth-order valence-corrected chi connectivity index (χ4v) is 4.50. The molecule has 3 aromatic carbocycles. The van der Waals surface area contributed by atoms with E-state index in [1.807, 2.05) is 0 Å². The molecular formula is C25H17Cl6FN4O2. The van der Waals surface area contributed by atoms with Crippen molar-refractivity contribution in [3.05, 3.63) is 88.7 Å². The summed E-state index contributed by atoms with van der Waals surface area (Å²) >= 11 is 37.6. The number of halogens is 7. The fraction of sp³-hybridized carbons (Fsp3) is 0.160. The maximum Gasteiger partial charge on any atom is 0.337 e. The third-order valence-electron chi connectivity index (χ3n) is 5.58. The van der Waals surface area contributed by atoms with Gasteiger partial charge in [-0.3, -0.25) is 9.69 Å². The van der Waals surface area contributed by atoms with E-state index in [-0.39, 0.29) is 5.69 Å². The quantitative estimate of drug-likeness (QED) is 0.203. The van der Waals surface area contributed by atoms with E-state index in [9.17, 15) is 14.0 Å². The Labute approximate surface area is 248 Å². The number of para-hydroxylation sites is 1. The summed E-state index contributed by atoms with van der Waals surface area (Å²) in [6, 6.07) is 17.9. The number of anilines is 3. The SMILES string of the molecule is CN1C(=O)/C(=N\C(C(Cl)C(Cl)(Cl)Cl)N(c2ccc(Cl)cc2)c2ccc(Cl)cc2)N(c2ccccc2F)C1=O. The Hall–Kier alpha value is -2.26. The van der Waals surface area contributed by atoms with Gasteiger partial charge in [-0.15, -0.1) is 11.6 Å². The first-order chi connectivity index (χ1) is 17.9. The number of hydrogen-bond donors (Lipinski definition) is 0. The smallest absolute Gasteiger partial charge is 0.317 e. The molecule has 1 saturated heterocycles. The largest absolute Gasteiger partial charge is 0.337 e. The van der Waals surface area contributed by atoms with Crippen molar-refractivity contribution in [2.24, 2.45) is 4.99 Å². The van der Waals surface area contributed by atoms with Gasteiger partial charge in [-0.1, -0.05) is 70.1 Å². The molecule has 38 heavy (non-hydrogen) atoms. The van der Waals surface area contributed by atoms with Crippen LogP contribution in [0.1, 0.15) is 0 Å². The highest BCUT2D eigenvalue weighted by Crippen LogP contribution is 2.42. The van der Waals surface area contributed by atoms with E-state index in [0.717, 1.165) is 15.9 Å². The number of rotatable bonds is 6. The monoisotopic (exact) mass is 634 g/mol. The Morgan fingerprint density at radius 3 is 1.84 bits per heavy atom. The van der Waals surface area contributed by atoms with E-state index in [1.165, 1.54) is 25.2 Å². The Morgan fingerprint density at radius 1 is 0.868 bits per heavy atom. The van der Waals surface area contributed by atoms with Crippen LogP contribution in [-0.4, -0.2) is 45.1 Å². The summed E-state index contributed by atoms with van der Waals surface area (Å²) in [5, 5.41) is -0.469. The highest BCUT2D eigenvalue weighted by atomic mass is 35.6. The highest BCUT2D eigenvalue weighted by molar-refractivity contribution is 6.70. The van der Waals surface area contributed by atoms with Gasteiger partial charge in [0, 0.05) is 28.5 Å². The molecule has 1 fully saturated rings. The molecule has 2 unspecified atom stereocenters. The van der Waals surface area contributed by atoms with E-state index in [0.29, 0.717) is 21.4 Å². The van der Waals surface area contributed by atoms with E-state index >= 15 is 0 Å². The third kappa shape index (κ3) is 5.83. The molecule has 0 N–H and O–H groups in total. The number of imide groups is 1. The molecule has 1 aliphatic heterocycles. The van der Waals surface area contributed by atoms with Gasteiger partial charge in [0.25, 0.3) is 5.91 Å². The second kappa shape index (κ2) is 11.5. The van der Waals surface area contributed by atoms with Crippen LogP contribution < -0.4 is 9.80 Å². The van der Waals surface area contributed by atoms with Crippen LogP contribution in [0.2, 0.25) is 10.0 Å². The van der Waals surface area contributed by atoms with Gasteiger partial charge in [0.05, 0.1) is 5.69 Å². The molecule has 0 bridgehead atoms. The van der Waals surface area contributed by atoms with Crippen LogP contribution in [-0.2, 0) is 4.79 Å². The molecule has 0 saturated carbocycles. The van der Waals surface area contributed by atoms with Crippen molar-refractivity contribution in [3.8, 4) is 0 Å². The molecule has 0 aromatic heterocycles. The zero-order valence-corrected chi connectivity index (χ0v) is 23.9. The second-order valence-corrected chi connectivity index (χ2v) is 11.8. The molecule has 3 amide bonds. The molecular weight excluding hydrogens is 620 g/mol. The third-order valence-corrected chi connectivity index (χ3v) is 7.68. The van der Waals surface area contributed by atoms with E-state index in [2.05, 4.69) is 4.99 Å². The lowest BCUT2D eigenvalue weighted by Crippen LogP contribution is -2.45. The maximum atomic E-state index is 14.8. The summed E-state index contributed by atoms with van der Waals surface area (Å²) in [5.41, 5.74) is 0.833. The number of likely N-dealkylation sites (N-methyl/N-ethyl adjacent to an activating group) is 1. The van der Waals surface area contributed by atoms with E-state index in [4.69, 9.17) is 69.6 Å². The lowest BCUT2D eigenvalue weighted by molar-refractivity contribution is -0.119. The van der Waals surface area contributed by atoms with Crippen molar-refractivity contribution in [1.29, 1.82) is 0 Å². The Morgan fingerprint density at radius 2 is 1.37 bits per heavy atom. The molecule has 198 valence electrons. The maximum absolute atomic E-state index is 14.8. The first-order valence-corrected chi connectivity index (χ1v) is 13.2. The molecule has 0 spiro atoms. The van der Waals surface area contributed by atoms with Gasteiger partial charge in [-0.05, 0) is 60.7 Å². The zero-order chi connectivity index (χ0) is 27.8. The topological polar surface area (TPSA) is 56.2 Å². The molecule has 4 rings (SSSR count). The van der Waals surface area contributed by atoms with Crippen LogP contribution in [0.4, 0.5) is 26.2 Å². The first kappa shape index (κ1) is 28.7. The summed E-state index contributed by atoms with van der Waals surface area (Å²) in [7, 11) is 1.25. The second-order valence-electron chi connectivity index (χ2n) is 8.07. The van der Waals surface area contributed by atoms with Crippen LogP contribution in [0.3, 0.4) is 0 Å². The molecule has 13 heteroatoms. The van der Waals surface area contributed by atoms with Crippen LogP contribution in [0.5, 0.6) is 0 Å². The van der Waals surface area contributed by atoms with Gasteiger partial charge in [0.1, 0.15) is 17.4 Å². The average Bonchev–Trinajstić information content (AvgIpc) is 3.08. The number of hydrogen-bond acceptors (Lipinski definition) is 4. The highest BCUT2D eigenvalue weighted by Gasteiger charge is 2.46. The molecule has 1 heterocycles. The summed E-state index contributed by atoms with van der Waals surface area (Å²) < 4.78 is 12.7. The number of carbonyl (C=O) groups excluding carboxylic acids is 2. The molecule has 0 aliphatic carbocycles. The van der Waals surface area contributed by atoms with E-state index < -0.39 is 38.9 Å².